The van der Waals surface area contributed by atoms with Gasteiger partial charge in [-0.15, -0.1) is 0 Å². The molecule has 7 nitrogen and oxygen atoms in total. The summed E-state index contributed by atoms with van der Waals surface area (Å²) in [6.45, 7) is 0. The van der Waals surface area contributed by atoms with E-state index in [0.717, 1.165) is 29.8 Å². The maximum Gasteiger partial charge on any atom is 0.285 e. The number of carbonyl (C=O) groups is 1. The summed E-state index contributed by atoms with van der Waals surface area (Å²) >= 11 is 0. The molecule has 1 N–H and O–H groups in total. The summed E-state index contributed by atoms with van der Waals surface area (Å²) in [4.78, 5) is 17.1. The zero-order valence-corrected chi connectivity index (χ0v) is 16.8. The largest absolute Gasteiger partial charge is 0.285 e. The predicted molar refractivity (Wildman–Crippen MR) is 112 cm³/mol. The monoisotopic (exact) mass is 418 g/mol. The number of carbonyl (C=O) groups excluding carboxylic acids is 1. The van der Waals surface area contributed by atoms with Gasteiger partial charge in [0.2, 0.25) is 0 Å². The quantitative estimate of drug-likeness (QED) is 0.550. The van der Waals surface area contributed by atoms with Gasteiger partial charge in [0, 0.05) is 34.4 Å². The Bertz CT molecular complexity index is 1370. The molecule has 0 fully saturated rings. The Balaban J connectivity index is 1.53. The van der Waals surface area contributed by atoms with Crippen LogP contribution in [0, 0.1) is 0 Å². The summed E-state index contributed by atoms with van der Waals surface area (Å²) in [6, 6.07) is 16.0. The molecule has 5 rings (SSSR count). The van der Waals surface area contributed by atoms with E-state index in [0.29, 0.717) is 17.2 Å². The van der Waals surface area contributed by atoms with Crippen molar-refractivity contribution >= 4 is 26.7 Å². The smallest absolute Gasteiger partial charge is 0.266 e. The molecule has 1 aliphatic carbocycles. The number of aromatic nitrogens is 3. The van der Waals surface area contributed by atoms with Crippen LogP contribution < -0.4 is 4.72 Å². The van der Waals surface area contributed by atoms with Crippen molar-refractivity contribution in [2.75, 3.05) is 0 Å². The Morgan fingerprint density at radius 3 is 2.67 bits per heavy atom. The molecule has 30 heavy (non-hydrogen) atoms. The summed E-state index contributed by atoms with van der Waals surface area (Å²) in [7, 11) is -4.08. The van der Waals surface area contributed by atoms with E-state index in [1.807, 2.05) is 30.3 Å². The summed E-state index contributed by atoms with van der Waals surface area (Å²) in [5.74, 6) is -0.714. The lowest BCUT2D eigenvalue weighted by atomic mass is 10.2. The molecule has 0 saturated carbocycles. The fraction of sp³-hybridized carbons (Fsp3) is 0.136. The normalized spacial score (nSPS) is 13.3. The molecular weight excluding hydrogens is 400 g/mol. The second-order valence-electron chi connectivity index (χ2n) is 7.16. The van der Waals surface area contributed by atoms with Gasteiger partial charge in [0.25, 0.3) is 15.9 Å². The summed E-state index contributed by atoms with van der Waals surface area (Å²) in [5, 5.41) is 5.66. The molecule has 0 spiro atoms. The van der Waals surface area contributed by atoms with Crippen LogP contribution in [0.1, 0.15) is 28.2 Å². The lowest BCUT2D eigenvalue weighted by Crippen LogP contribution is -2.31. The second-order valence-corrected chi connectivity index (χ2v) is 8.81. The molecule has 0 radical (unpaired) electrons. The summed E-state index contributed by atoms with van der Waals surface area (Å²) in [5.41, 5.74) is 2.78. The molecule has 0 aliphatic heterocycles. The fourth-order valence-electron chi connectivity index (χ4n) is 3.96. The van der Waals surface area contributed by atoms with E-state index < -0.39 is 15.9 Å². The van der Waals surface area contributed by atoms with Crippen molar-refractivity contribution < 1.29 is 13.2 Å². The van der Waals surface area contributed by atoms with Gasteiger partial charge in [-0.1, -0.05) is 30.3 Å². The summed E-state index contributed by atoms with van der Waals surface area (Å²) in [6.07, 6.45) is 5.52. The van der Waals surface area contributed by atoms with E-state index in [1.54, 1.807) is 29.1 Å². The number of rotatable bonds is 4. The van der Waals surface area contributed by atoms with E-state index >= 15 is 0 Å². The summed E-state index contributed by atoms with van der Waals surface area (Å²) < 4.78 is 30.0. The number of nitrogens with zero attached hydrogens (tertiary/aromatic N) is 3. The van der Waals surface area contributed by atoms with Crippen LogP contribution in [-0.2, 0) is 22.9 Å². The number of amides is 1. The van der Waals surface area contributed by atoms with Gasteiger partial charge >= 0.3 is 0 Å². The number of pyridine rings is 1. The molecule has 1 aliphatic rings. The molecule has 2 aromatic carbocycles. The highest BCUT2D eigenvalue weighted by Gasteiger charge is 2.29. The first-order valence-corrected chi connectivity index (χ1v) is 11.1. The van der Waals surface area contributed by atoms with Gasteiger partial charge in [0.05, 0.1) is 10.6 Å². The Hall–Kier alpha value is -3.52. The lowest BCUT2D eigenvalue weighted by Gasteiger charge is -2.09. The molecular formula is C22H18N4O3S. The van der Waals surface area contributed by atoms with Crippen molar-refractivity contribution in [2.45, 2.75) is 24.2 Å². The fourth-order valence-corrected chi connectivity index (χ4v) is 5.14. The van der Waals surface area contributed by atoms with Crippen molar-refractivity contribution in [1.82, 2.24) is 19.5 Å². The molecule has 0 saturated heterocycles. The van der Waals surface area contributed by atoms with Crippen molar-refractivity contribution in [3.8, 4) is 5.69 Å². The van der Waals surface area contributed by atoms with Crippen LogP contribution in [0.15, 0.2) is 71.9 Å². The zero-order valence-electron chi connectivity index (χ0n) is 15.9. The number of sulfonamides is 1. The minimum Gasteiger partial charge on any atom is -0.266 e. The van der Waals surface area contributed by atoms with E-state index in [2.05, 4.69) is 14.8 Å². The third-order valence-corrected chi connectivity index (χ3v) is 6.69. The van der Waals surface area contributed by atoms with Crippen molar-refractivity contribution in [2.24, 2.45) is 0 Å². The Morgan fingerprint density at radius 1 is 1.00 bits per heavy atom. The lowest BCUT2D eigenvalue weighted by molar-refractivity contribution is 0.0975. The third kappa shape index (κ3) is 3.05. The molecule has 2 aromatic heterocycles. The van der Waals surface area contributed by atoms with E-state index in [1.165, 1.54) is 12.3 Å². The van der Waals surface area contributed by atoms with Crippen LogP contribution in [0.4, 0.5) is 0 Å². The SMILES string of the molecule is O=C(NS(=O)(=O)c1cccc2cnccc12)c1nn(-c2ccccc2)c2c1CCC2. The first kappa shape index (κ1) is 18.5. The number of fused-ring (bicyclic) bond motifs is 2. The number of hydrogen-bond acceptors (Lipinski definition) is 5. The first-order chi connectivity index (χ1) is 14.5. The van der Waals surface area contributed by atoms with Gasteiger partial charge in [0.15, 0.2) is 5.69 Å². The van der Waals surface area contributed by atoms with Crippen LogP contribution in [0.5, 0.6) is 0 Å². The Labute approximate surface area is 173 Å². The maximum atomic E-state index is 13.0. The molecule has 150 valence electrons. The van der Waals surface area contributed by atoms with Gasteiger partial charge in [-0.25, -0.2) is 17.8 Å². The number of hydrogen-bond donors (Lipinski definition) is 1. The molecule has 0 bridgehead atoms. The molecule has 1 amide bonds. The topological polar surface area (TPSA) is 93.9 Å². The average molecular weight is 418 g/mol. The van der Waals surface area contributed by atoms with E-state index in [-0.39, 0.29) is 10.6 Å². The molecule has 2 heterocycles. The molecule has 8 heteroatoms. The Morgan fingerprint density at radius 2 is 1.83 bits per heavy atom. The van der Waals surface area contributed by atoms with Gasteiger partial charge in [-0.05, 0) is 43.5 Å². The highest BCUT2D eigenvalue weighted by molar-refractivity contribution is 7.90. The average Bonchev–Trinajstić information content (AvgIpc) is 3.36. The van der Waals surface area contributed by atoms with E-state index in [9.17, 15) is 13.2 Å². The second kappa shape index (κ2) is 7.07. The third-order valence-electron chi connectivity index (χ3n) is 5.30. The van der Waals surface area contributed by atoms with Crippen LogP contribution in [0.3, 0.4) is 0 Å². The Kier molecular flexibility index (Phi) is 4.36. The van der Waals surface area contributed by atoms with Gasteiger partial charge in [-0.3, -0.25) is 9.78 Å². The number of benzene rings is 2. The predicted octanol–water partition coefficient (Wildman–Crippen LogP) is 3.03. The van der Waals surface area contributed by atoms with E-state index in [4.69, 9.17) is 0 Å². The van der Waals surface area contributed by atoms with Gasteiger partial charge < -0.3 is 0 Å². The molecule has 0 atom stereocenters. The zero-order chi connectivity index (χ0) is 20.7. The van der Waals surface area contributed by atoms with Crippen LogP contribution >= 0.6 is 0 Å². The van der Waals surface area contributed by atoms with Crippen molar-refractivity contribution in [3.63, 3.8) is 0 Å². The number of para-hydroxylation sites is 1. The van der Waals surface area contributed by atoms with Gasteiger partial charge in [-0.2, -0.15) is 5.10 Å². The highest BCUT2D eigenvalue weighted by atomic mass is 32.2. The van der Waals surface area contributed by atoms with Crippen LogP contribution in [-0.4, -0.2) is 29.1 Å². The van der Waals surface area contributed by atoms with Crippen molar-refractivity contribution in [3.05, 3.63) is 83.9 Å². The van der Waals surface area contributed by atoms with Crippen molar-refractivity contribution in [1.29, 1.82) is 0 Å². The molecule has 4 aromatic rings. The van der Waals surface area contributed by atoms with Crippen LogP contribution in [0.25, 0.3) is 16.5 Å². The number of nitrogens with one attached hydrogen (secondary N) is 1. The minimum atomic E-state index is -4.08. The molecule has 0 unspecified atom stereocenters. The maximum absolute atomic E-state index is 13.0. The van der Waals surface area contributed by atoms with Crippen LogP contribution in [0.2, 0.25) is 0 Å². The van der Waals surface area contributed by atoms with Gasteiger partial charge in [0.1, 0.15) is 0 Å². The standard InChI is InChI=1S/C22H18N4O3S/c27-22(25-30(28,29)20-11-4-6-15-14-23-13-12-17(15)20)21-18-9-5-10-19(18)26(24-21)16-7-2-1-3-8-16/h1-4,6-8,11-14H,5,9-10H2,(H,25,27). The first-order valence-electron chi connectivity index (χ1n) is 9.61. The minimum absolute atomic E-state index is 0.0369. The highest BCUT2D eigenvalue weighted by Crippen LogP contribution is 2.28.